The molecule has 1 amide bonds. The van der Waals surface area contributed by atoms with E-state index in [0.29, 0.717) is 36.3 Å². The largest absolute Gasteiger partial charge is 0.486 e. The van der Waals surface area contributed by atoms with Crippen molar-refractivity contribution in [1.29, 1.82) is 0 Å². The van der Waals surface area contributed by atoms with E-state index in [-0.39, 0.29) is 11.5 Å². The van der Waals surface area contributed by atoms with E-state index < -0.39 is 5.41 Å². The lowest BCUT2D eigenvalue weighted by atomic mass is 9.95. The minimum Gasteiger partial charge on any atom is -0.486 e. The molecule has 5 nitrogen and oxygen atoms in total. The Hall–Kier alpha value is -1.46. The van der Waals surface area contributed by atoms with E-state index in [1.807, 2.05) is 33.8 Å². The van der Waals surface area contributed by atoms with Gasteiger partial charge in [0.15, 0.2) is 11.5 Å². The van der Waals surface area contributed by atoms with Gasteiger partial charge in [-0.2, -0.15) is 0 Å². The van der Waals surface area contributed by atoms with Crippen LogP contribution in [-0.2, 0) is 16.2 Å². The first kappa shape index (κ1) is 15.4. The maximum absolute atomic E-state index is 12.2. The normalized spacial score (nSPS) is 22.0. The van der Waals surface area contributed by atoms with E-state index >= 15 is 0 Å². The van der Waals surface area contributed by atoms with Crippen LogP contribution in [0.15, 0.2) is 12.1 Å². The molecule has 0 spiro atoms. The number of nitrogens with zero attached hydrogens (tertiary/aromatic N) is 1. The Bertz CT molecular complexity index is 627. The number of benzene rings is 1. The molecule has 2 aliphatic rings. The number of halogens is 1. The summed E-state index contributed by atoms with van der Waals surface area (Å²) in [5.41, 5.74) is -0.102. The van der Waals surface area contributed by atoms with E-state index in [1.54, 1.807) is 6.07 Å². The molecule has 1 saturated heterocycles. The summed E-state index contributed by atoms with van der Waals surface area (Å²) in [5, 5.41) is 1.89. The highest BCUT2D eigenvalue weighted by atomic mass is 35.5. The Morgan fingerprint density at radius 2 is 1.91 bits per heavy atom. The third-order valence-electron chi connectivity index (χ3n) is 3.77. The van der Waals surface area contributed by atoms with Gasteiger partial charge in [0.1, 0.15) is 12.2 Å². The van der Waals surface area contributed by atoms with E-state index in [2.05, 4.69) is 0 Å². The quantitative estimate of drug-likeness (QED) is 0.838. The number of hydroxylamine groups is 2. The maximum atomic E-state index is 12.2. The first-order valence-electron chi connectivity index (χ1n) is 7.27. The molecule has 1 aromatic rings. The third kappa shape index (κ3) is 2.75. The summed E-state index contributed by atoms with van der Waals surface area (Å²) in [5.74, 6) is 1.23. The lowest BCUT2D eigenvalue weighted by Gasteiger charge is -2.33. The molecule has 0 saturated carbocycles. The van der Waals surface area contributed by atoms with Gasteiger partial charge in [-0.1, -0.05) is 11.6 Å². The van der Waals surface area contributed by atoms with Crippen LogP contribution in [-0.4, -0.2) is 29.8 Å². The van der Waals surface area contributed by atoms with Gasteiger partial charge in [-0.25, -0.2) is 5.06 Å². The molecule has 6 heteroatoms. The number of carbonyl (C=O) groups excluding carboxylic acids is 1. The molecule has 22 heavy (non-hydrogen) atoms. The summed E-state index contributed by atoms with van der Waals surface area (Å²) in [4.78, 5) is 17.7. The van der Waals surface area contributed by atoms with E-state index in [4.69, 9.17) is 25.9 Å². The second-order valence-corrected chi connectivity index (χ2v) is 7.45. The average Bonchev–Trinajstić information content (AvgIpc) is 2.66. The highest BCUT2D eigenvalue weighted by Crippen LogP contribution is 2.40. The summed E-state index contributed by atoms with van der Waals surface area (Å²) in [6.45, 7) is 8.77. The van der Waals surface area contributed by atoms with Crippen molar-refractivity contribution in [2.75, 3.05) is 13.2 Å². The first-order valence-corrected chi connectivity index (χ1v) is 7.65. The predicted octanol–water partition coefficient (Wildman–Crippen LogP) is 3.19. The fourth-order valence-corrected chi connectivity index (χ4v) is 2.65. The SMILES string of the molecule is CC1(C)COc2cc(CN3OCC(C)(C)C3=O)c(Cl)cc2O1. The molecule has 0 N–H and O–H groups in total. The molecule has 0 bridgehead atoms. The van der Waals surface area contributed by atoms with Gasteiger partial charge in [0, 0.05) is 11.1 Å². The molecule has 0 atom stereocenters. The number of amides is 1. The van der Waals surface area contributed by atoms with Crippen LogP contribution >= 0.6 is 11.6 Å². The topological polar surface area (TPSA) is 48.0 Å². The zero-order valence-corrected chi connectivity index (χ0v) is 14.0. The van der Waals surface area contributed by atoms with Crippen LogP contribution in [0.1, 0.15) is 33.3 Å². The Morgan fingerprint density at radius 1 is 1.18 bits per heavy atom. The number of carbonyl (C=O) groups is 1. The van der Waals surface area contributed by atoms with Gasteiger partial charge < -0.3 is 9.47 Å². The second-order valence-electron chi connectivity index (χ2n) is 7.04. The highest BCUT2D eigenvalue weighted by molar-refractivity contribution is 6.31. The van der Waals surface area contributed by atoms with E-state index in [0.717, 1.165) is 5.56 Å². The molecular weight excluding hydrogens is 306 g/mol. The molecule has 0 aromatic heterocycles. The minimum absolute atomic E-state index is 0.0420. The van der Waals surface area contributed by atoms with Gasteiger partial charge in [-0.3, -0.25) is 9.63 Å². The van der Waals surface area contributed by atoms with Gasteiger partial charge in [0.25, 0.3) is 5.91 Å². The molecule has 0 aliphatic carbocycles. The van der Waals surface area contributed by atoms with Crippen molar-refractivity contribution >= 4 is 17.5 Å². The first-order chi connectivity index (χ1) is 10.2. The number of rotatable bonds is 2. The van der Waals surface area contributed by atoms with Crippen LogP contribution < -0.4 is 9.47 Å². The number of hydrogen-bond acceptors (Lipinski definition) is 4. The lowest BCUT2D eigenvalue weighted by Crippen LogP contribution is -2.38. The summed E-state index contributed by atoms with van der Waals surface area (Å²) < 4.78 is 11.6. The molecule has 1 aromatic carbocycles. The van der Waals surface area contributed by atoms with Crippen LogP contribution in [0, 0.1) is 5.41 Å². The predicted molar refractivity (Wildman–Crippen MR) is 81.9 cm³/mol. The Labute approximate surface area is 135 Å². The molecule has 1 fully saturated rings. The number of ether oxygens (including phenoxy) is 2. The average molecular weight is 326 g/mol. The number of hydrogen-bond donors (Lipinski definition) is 0. The van der Waals surface area contributed by atoms with Crippen LogP contribution in [0.5, 0.6) is 11.5 Å². The van der Waals surface area contributed by atoms with Gasteiger partial charge in [0.2, 0.25) is 0 Å². The third-order valence-corrected chi connectivity index (χ3v) is 4.13. The van der Waals surface area contributed by atoms with Crippen molar-refractivity contribution < 1.29 is 19.1 Å². The smallest absolute Gasteiger partial charge is 0.254 e. The Kier molecular flexibility index (Phi) is 3.53. The minimum atomic E-state index is -0.496. The van der Waals surface area contributed by atoms with Crippen molar-refractivity contribution in [1.82, 2.24) is 5.06 Å². The summed E-state index contributed by atoms with van der Waals surface area (Å²) >= 11 is 6.32. The molecule has 3 rings (SSSR count). The summed E-state index contributed by atoms with van der Waals surface area (Å²) in [6, 6.07) is 3.55. The molecule has 0 radical (unpaired) electrons. The van der Waals surface area contributed by atoms with Crippen molar-refractivity contribution in [2.45, 2.75) is 39.8 Å². The summed E-state index contributed by atoms with van der Waals surface area (Å²) in [6.07, 6.45) is 0. The van der Waals surface area contributed by atoms with Crippen LogP contribution in [0.3, 0.4) is 0 Å². The monoisotopic (exact) mass is 325 g/mol. The lowest BCUT2D eigenvalue weighted by molar-refractivity contribution is -0.165. The van der Waals surface area contributed by atoms with Crippen LogP contribution in [0.4, 0.5) is 0 Å². The molecule has 120 valence electrons. The standard InChI is InChI=1S/C16H20ClNO4/c1-15(2)8-21-18(14(15)19)7-10-5-12-13(6-11(10)17)22-16(3,4)9-20-12/h5-6H,7-9H2,1-4H3. The zero-order chi connectivity index (χ0) is 16.1. The van der Waals surface area contributed by atoms with Gasteiger partial charge in [-0.05, 0) is 39.3 Å². The highest BCUT2D eigenvalue weighted by Gasteiger charge is 2.40. The fourth-order valence-electron chi connectivity index (χ4n) is 2.44. The van der Waals surface area contributed by atoms with Crippen molar-refractivity contribution in [2.24, 2.45) is 5.41 Å². The Balaban J connectivity index is 1.83. The van der Waals surface area contributed by atoms with Gasteiger partial charge >= 0.3 is 0 Å². The van der Waals surface area contributed by atoms with Crippen LogP contribution in [0.25, 0.3) is 0 Å². The van der Waals surface area contributed by atoms with Gasteiger partial charge in [-0.15, -0.1) is 0 Å². The van der Waals surface area contributed by atoms with E-state index in [1.165, 1.54) is 5.06 Å². The van der Waals surface area contributed by atoms with Crippen LogP contribution in [0.2, 0.25) is 5.02 Å². The maximum Gasteiger partial charge on any atom is 0.254 e. The number of fused-ring (bicyclic) bond motifs is 1. The molecule has 2 aliphatic heterocycles. The summed E-state index contributed by atoms with van der Waals surface area (Å²) in [7, 11) is 0. The van der Waals surface area contributed by atoms with Gasteiger partial charge in [0.05, 0.1) is 18.6 Å². The molecule has 2 heterocycles. The zero-order valence-electron chi connectivity index (χ0n) is 13.2. The second kappa shape index (κ2) is 5.03. The van der Waals surface area contributed by atoms with Crippen molar-refractivity contribution in [3.8, 4) is 11.5 Å². The van der Waals surface area contributed by atoms with Crippen molar-refractivity contribution in [3.63, 3.8) is 0 Å². The molecular formula is C16H20ClNO4. The van der Waals surface area contributed by atoms with E-state index in [9.17, 15) is 4.79 Å². The fraction of sp³-hybridized carbons (Fsp3) is 0.562. The Morgan fingerprint density at radius 3 is 2.55 bits per heavy atom. The molecule has 0 unspecified atom stereocenters. The van der Waals surface area contributed by atoms with Crippen molar-refractivity contribution in [3.05, 3.63) is 22.7 Å².